The van der Waals surface area contributed by atoms with E-state index in [0.29, 0.717) is 10.0 Å². The summed E-state index contributed by atoms with van der Waals surface area (Å²) in [6.45, 7) is 1.64. The summed E-state index contributed by atoms with van der Waals surface area (Å²) in [7, 11) is 3.87. The summed E-state index contributed by atoms with van der Waals surface area (Å²) in [5, 5.41) is 3.43. The van der Waals surface area contributed by atoms with E-state index in [9.17, 15) is 9.59 Å². The third kappa shape index (κ3) is 4.35. The lowest BCUT2D eigenvalue weighted by Gasteiger charge is -2.33. The minimum Gasteiger partial charge on any atom is -0.448 e. The van der Waals surface area contributed by atoms with Crippen molar-refractivity contribution >= 4 is 65.7 Å². The summed E-state index contributed by atoms with van der Waals surface area (Å²) in [4.78, 5) is 39.8. The van der Waals surface area contributed by atoms with Gasteiger partial charge in [0, 0.05) is 31.7 Å². The Morgan fingerprint density at radius 3 is 2.57 bits per heavy atom. The van der Waals surface area contributed by atoms with E-state index in [0.717, 1.165) is 40.3 Å². The smallest absolute Gasteiger partial charge is 0.349 e. The van der Waals surface area contributed by atoms with Crippen LogP contribution in [-0.4, -0.2) is 48.1 Å². The van der Waals surface area contributed by atoms with Crippen LogP contribution in [0.15, 0.2) is 17.6 Å². The van der Waals surface area contributed by atoms with Crippen LogP contribution < -0.4 is 9.80 Å². The summed E-state index contributed by atoms with van der Waals surface area (Å²) >= 11 is 4.26. The molecule has 1 saturated carbocycles. The number of carbonyl (C=O) groups is 2. The molecular formula is C20H24N4O3S3. The van der Waals surface area contributed by atoms with Crippen molar-refractivity contribution in [3.8, 4) is 0 Å². The number of rotatable bonds is 6. The standard InChI is InChI=1S/C20H24N4O3S3/c1-12(17(25)24(19-21-9-10-28-19)13-7-5-4-6-8-13)27-18(26)15-11-14-16(29-15)22-20(30-14)23(2)3/h9-13H,4-8H2,1-3H3. The quantitative estimate of drug-likeness (QED) is 0.488. The fourth-order valence-corrected chi connectivity index (χ4v) is 6.32. The number of amides is 1. The zero-order chi connectivity index (χ0) is 21.3. The zero-order valence-corrected chi connectivity index (χ0v) is 19.6. The van der Waals surface area contributed by atoms with Gasteiger partial charge >= 0.3 is 5.97 Å². The minimum absolute atomic E-state index is 0.110. The molecule has 3 heterocycles. The summed E-state index contributed by atoms with van der Waals surface area (Å²) in [6.07, 6.45) is 6.12. The van der Waals surface area contributed by atoms with Crippen LogP contribution in [0.1, 0.15) is 48.7 Å². The Bertz CT molecular complexity index is 990. The van der Waals surface area contributed by atoms with Gasteiger partial charge in [-0.15, -0.1) is 22.7 Å². The normalized spacial score (nSPS) is 15.8. The first-order chi connectivity index (χ1) is 14.4. The summed E-state index contributed by atoms with van der Waals surface area (Å²) in [5.74, 6) is -0.697. The largest absolute Gasteiger partial charge is 0.448 e. The lowest BCUT2D eigenvalue weighted by molar-refractivity contribution is -0.127. The summed E-state index contributed by atoms with van der Waals surface area (Å²) in [5.41, 5.74) is 0. The maximum absolute atomic E-state index is 13.3. The molecule has 0 saturated heterocycles. The highest BCUT2D eigenvalue weighted by Crippen LogP contribution is 2.34. The van der Waals surface area contributed by atoms with Crippen LogP contribution in [-0.2, 0) is 9.53 Å². The van der Waals surface area contributed by atoms with Crippen LogP contribution in [0.25, 0.3) is 9.53 Å². The number of thiophene rings is 1. The molecule has 10 heteroatoms. The zero-order valence-electron chi connectivity index (χ0n) is 17.2. The third-order valence-corrected chi connectivity index (χ3v) is 8.18. The molecule has 160 valence electrons. The predicted octanol–water partition coefficient (Wildman–Crippen LogP) is 4.79. The average Bonchev–Trinajstić information content (AvgIpc) is 3.45. The molecule has 0 radical (unpaired) electrons. The number of hydrogen-bond acceptors (Lipinski definition) is 9. The molecule has 1 fully saturated rings. The van der Waals surface area contributed by atoms with Crippen molar-refractivity contribution in [1.29, 1.82) is 0 Å². The van der Waals surface area contributed by atoms with Gasteiger partial charge in [-0.3, -0.25) is 9.69 Å². The molecule has 1 aliphatic carbocycles. The van der Waals surface area contributed by atoms with Crippen LogP contribution in [0, 0.1) is 0 Å². The van der Waals surface area contributed by atoms with Gasteiger partial charge in [-0.25, -0.2) is 14.8 Å². The number of carbonyl (C=O) groups excluding carboxylic acids is 2. The molecule has 1 aliphatic rings. The number of ether oxygens (including phenoxy) is 1. The molecule has 7 nitrogen and oxygen atoms in total. The van der Waals surface area contributed by atoms with Crippen molar-refractivity contribution in [2.45, 2.75) is 51.2 Å². The van der Waals surface area contributed by atoms with Crippen molar-refractivity contribution in [2.75, 3.05) is 23.9 Å². The van der Waals surface area contributed by atoms with Crippen molar-refractivity contribution in [3.63, 3.8) is 0 Å². The second-order valence-corrected chi connectivity index (χ2v) is 10.4. The van der Waals surface area contributed by atoms with Crippen molar-refractivity contribution in [2.24, 2.45) is 0 Å². The first-order valence-corrected chi connectivity index (χ1v) is 12.5. The fraction of sp³-hybridized carbons (Fsp3) is 0.500. The van der Waals surface area contributed by atoms with Crippen LogP contribution in [0.3, 0.4) is 0 Å². The van der Waals surface area contributed by atoms with Gasteiger partial charge in [0.05, 0.1) is 4.70 Å². The van der Waals surface area contributed by atoms with Crippen molar-refractivity contribution in [1.82, 2.24) is 9.97 Å². The SMILES string of the molecule is CC(OC(=O)c1cc2sc(N(C)C)nc2s1)C(=O)N(c1nccs1)C1CCCCC1. The number of aromatic nitrogens is 2. The first-order valence-electron chi connectivity index (χ1n) is 9.95. The second kappa shape index (κ2) is 8.99. The molecule has 0 spiro atoms. The van der Waals surface area contributed by atoms with E-state index >= 15 is 0 Å². The van der Waals surface area contributed by atoms with E-state index in [-0.39, 0.29) is 11.9 Å². The number of hydrogen-bond donors (Lipinski definition) is 0. The van der Waals surface area contributed by atoms with Crippen molar-refractivity contribution in [3.05, 3.63) is 22.5 Å². The van der Waals surface area contributed by atoms with E-state index in [2.05, 4.69) is 9.97 Å². The minimum atomic E-state index is -0.881. The Labute approximate surface area is 187 Å². The molecule has 0 aromatic carbocycles. The third-order valence-electron chi connectivity index (χ3n) is 5.10. The number of thiazole rings is 2. The monoisotopic (exact) mass is 464 g/mol. The van der Waals surface area contributed by atoms with E-state index < -0.39 is 12.1 Å². The van der Waals surface area contributed by atoms with Crippen LogP contribution in [0.5, 0.6) is 0 Å². The van der Waals surface area contributed by atoms with Gasteiger partial charge in [-0.1, -0.05) is 30.6 Å². The number of esters is 1. The van der Waals surface area contributed by atoms with E-state index in [1.54, 1.807) is 24.1 Å². The molecule has 1 amide bonds. The molecule has 0 N–H and O–H groups in total. The second-order valence-electron chi connectivity index (χ2n) is 7.53. The first kappa shape index (κ1) is 21.2. The fourth-order valence-electron chi connectivity index (χ4n) is 3.59. The molecule has 0 bridgehead atoms. The van der Waals surface area contributed by atoms with Crippen molar-refractivity contribution < 1.29 is 14.3 Å². The van der Waals surface area contributed by atoms with E-state index in [4.69, 9.17) is 4.74 Å². The maximum atomic E-state index is 13.3. The highest BCUT2D eigenvalue weighted by atomic mass is 32.1. The van der Waals surface area contributed by atoms with E-state index in [1.807, 2.05) is 24.4 Å². The molecule has 1 unspecified atom stereocenters. The number of anilines is 2. The number of nitrogens with zero attached hydrogens (tertiary/aromatic N) is 4. The highest BCUT2D eigenvalue weighted by molar-refractivity contribution is 7.29. The lowest BCUT2D eigenvalue weighted by atomic mass is 9.94. The van der Waals surface area contributed by atoms with E-state index in [1.165, 1.54) is 40.4 Å². The topological polar surface area (TPSA) is 75.6 Å². The molecule has 30 heavy (non-hydrogen) atoms. The van der Waals surface area contributed by atoms with Gasteiger partial charge in [0.15, 0.2) is 16.4 Å². The maximum Gasteiger partial charge on any atom is 0.349 e. The predicted molar refractivity (Wildman–Crippen MR) is 123 cm³/mol. The summed E-state index contributed by atoms with van der Waals surface area (Å²) in [6, 6.07) is 1.91. The molecule has 1 atom stereocenters. The van der Waals surface area contributed by atoms with Crippen LogP contribution in [0.2, 0.25) is 0 Å². The Morgan fingerprint density at radius 2 is 1.93 bits per heavy atom. The van der Waals surface area contributed by atoms with Gasteiger partial charge in [0.1, 0.15) is 9.71 Å². The van der Waals surface area contributed by atoms with Crippen LogP contribution >= 0.6 is 34.0 Å². The van der Waals surface area contributed by atoms with Gasteiger partial charge in [0.2, 0.25) is 0 Å². The van der Waals surface area contributed by atoms with Gasteiger partial charge < -0.3 is 9.64 Å². The highest BCUT2D eigenvalue weighted by Gasteiger charge is 2.33. The molecule has 4 rings (SSSR count). The Hall–Kier alpha value is -2.04. The number of fused-ring (bicyclic) bond motifs is 1. The average molecular weight is 465 g/mol. The Balaban J connectivity index is 1.48. The lowest BCUT2D eigenvalue weighted by Crippen LogP contribution is -2.47. The van der Waals surface area contributed by atoms with Gasteiger partial charge in [-0.2, -0.15) is 0 Å². The Morgan fingerprint density at radius 1 is 1.17 bits per heavy atom. The molecular weight excluding hydrogens is 440 g/mol. The summed E-state index contributed by atoms with van der Waals surface area (Å²) < 4.78 is 6.51. The Kier molecular flexibility index (Phi) is 6.35. The van der Waals surface area contributed by atoms with Gasteiger partial charge in [0.25, 0.3) is 5.91 Å². The molecule has 3 aromatic heterocycles. The van der Waals surface area contributed by atoms with Crippen LogP contribution in [0.4, 0.5) is 10.3 Å². The molecule has 0 aliphatic heterocycles. The van der Waals surface area contributed by atoms with Gasteiger partial charge in [-0.05, 0) is 25.8 Å². The molecule has 3 aromatic rings.